The Morgan fingerprint density at radius 3 is 2.75 bits per heavy atom. The van der Waals surface area contributed by atoms with Crippen molar-refractivity contribution in [2.45, 2.75) is 45.8 Å². The van der Waals surface area contributed by atoms with E-state index in [-0.39, 0.29) is 0 Å². The third kappa shape index (κ3) is 3.44. The van der Waals surface area contributed by atoms with Crippen LogP contribution >= 0.6 is 0 Å². The minimum absolute atomic E-state index is 0.362. The van der Waals surface area contributed by atoms with E-state index >= 15 is 0 Å². The van der Waals surface area contributed by atoms with Gasteiger partial charge in [0.05, 0.1) is 25.4 Å². The molecule has 1 heterocycles. The van der Waals surface area contributed by atoms with E-state index in [1.165, 1.54) is 19.4 Å². The predicted octanol–water partition coefficient (Wildman–Crippen LogP) is 1.91. The lowest BCUT2D eigenvalue weighted by Gasteiger charge is -2.34. The Labute approximate surface area is 99.1 Å². The molecule has 0 aromatic rings. The molecule has 0 N–H and O–H groups in total. The summed E-state index contributed by atoms with van der Waals surface area (Å²) in [5.41, 5.74) is 0.474. The number of rotatable bonds is 5. The third-order valence-electron chi connectivity index (χ3n) is 3.56. The topological polar surface area (TPSA) is 21.7 Å². The highest BCUT2D eigenvalue weighted by atomic mass is 16.5. The maximum atomic E-state index is 5.78. The van der Waals surface area contributed by atoms with Crippen molar-refractivity contribution in [1.82, 2.24) is 4.90 Å². The Kier molecular flexibility index (Phi) is 3.88. The molecule has 0 aromatic carbocycles. The molecule has 0 unspecified atom stereocenters. The predicted molar refractivity (Wildman–Crippen MR) is 64.6 cm³/mol. The average Bonchev–Trinajstić information content (AvgIpc) is 2.96. The summed E-state index contributed by atoms with van der Waals surface area (Å²) in [7, 11) is 0. The van der Waals surface area contributed by atoms with Crippen molar-refractivity contribution < 1.29 is 9.47 Å². The fourth-order valence-electron chi connectivity index (χ4n) is 2.38. The summed E-state index contributed by atoms with van der Waals surface area (Å²) in [6.45, 7) is 11.6. The van der Waals surface area contributed by atoms with Crippen LogP contribution in [-0.2, 0) is 9.47 Å². The van der Waals surface area contributed by atoms with Gasteiger partial charge in [-0.3, -0.25) is 4.90 Å². The van der Waals surface area contributed by atoms with Crippen molar-refractivity contribution in [2.75, 3.05) is 32.8 Å². The summed E-state index contributed by atoms with van der Waals surface area (Å²) in [5.74, 6) is 0. The van der Waals surface area contributed by atoms with E-state index in [4.69, 9.17) is 9.47 Å². The molecule has 2 fully saturated rings. The fourth-order valence-corrected chi connectivity index (χ4v) is 2.38. The minimum atomic E-state index is 0.362. The van der Waals surface area contributed by atoms with Gasteiger partial charge in [-0.25, -0.2) is 0 Å². The van der Waals surface area contributed by atoms with E-state index in [2.05, 4.69) is 25.7 Å². The van der Waals surface area contributed by atoms with E-state index in [1.54, 1.807) is 0 Å². The molecule has 2 rings (SSSR count). The Hall–Kier alpha value is -0.120. The van der Waals surface area contributed by atoms with Crippen LogP contribution in [0.4, 0.5) is 0 Å². The van der Waals surface area contributed by atoms with Crippen molar-refractivity contribution in [1.29, 1.82) is 0 Å². The van der Waals surface area contributed by atoms with E-state index < -0.39 is 0 Å². The van der Waals surface area contributed by atoms with E-state index in [0.717, 1.165) is 26.3 Å². The first kappa shape index (κ1) is 12.3. The fraction of sp³-hybridized carbons (Fsp3) is 1.00. The summed E-state index contributed by atoms with van der Waals surface area (Å²) >= 11 is 0. The third-order valence-corrected chi connectivity index (χ3v) is 3.56. The van der Waals surface area contributed by atoms with Crippen LogP contribution < -0.4 is 0 Å². The Balaban J connectivity index is 1.75. The number of hydrogen-bond donors (Lipinski definition) is 0. The van der Waals surface area contributed by atoms with Gasteiger partial charge in [-0.15, -0.1) is 0 Å². The van der Waals surface area contributed by atoms with Crippen LogP contribution in [0.5, 0.6) is 0 Å². The number of ether oxygens (including phenoxy) is 2. The Morgan fingerprint density at radius 1 is 1.44 bits per heavy atom. The maximum Gasteiger partial charge on any atom is 0.0674 e. The van der Waals surface area contributed by atoms with Gasteiger partial charge in [0.1, 0.15) is 0 Å². The quantitative estimate of drug-likeness (QED) is 0.716. The van der Waals surface area contributed by atoms with Gasteiger partial charge in [-0.2, -0.15) is 0 Å². The highest BCUT2D eigenvalue weighted by molar-refractivity contribution is 4.96. The lowest BCUT2D eigenvalue weighted by atomic mass is 10.1. The standard InChI is InChI=1S/C13H25NO2/c1-11(2)16-10-13(4-5-13)9-14-6-7-15-12(3)8-14/h11-12H,4-10H2,1-3H3/t12-/m0/s1. The summed E-state index contributed by atoms with van der Waals surface area (Å²) in [6.07, 6.45) is 3.44. The highest BCUT2D eigenvalue weighted by Gasteiger charge is 2.44. The summed E-state index contributed by atoms with van der Waals surface area (Å²) in [4.78, 5) is 2.55. The van der Waals surface area contributed by atoms with Crippen LogP contribution in [-0.4, -0.2) is 50.0 Å². The van der Waals surface area contributed by atoms with Crippen molar-refractivity contribution >= 4 is 0 Å². The second-order valence-electron chi connectivity index (χ2n) is 5.78. The lowest BCUT2D eigenvalue weighted by Crippen LogP contribution is -2.44. The van der Waals surface area contributed by atoms with Crippen molar-refractivity contribution in [3.05, 3.63) is 0 Å². The summed E-state index contributed by atoms with van der Waals surface area (Å²) in [6, 6.07) is 0. The van der Waals surface area contributed by atoms with Gasteiger partial charge < -0.3 is 9.47 Å². The summed E-state index contributed by atoms with van der Waals surface area (Å²) in [5, 5.41) is 0. The van der Waals surface area contributed by atoms with Gasteiger partial charge >= 0.3 is 0 Å². The highest BCUT2D eigenvalue weighted by Crippen LogP contribution is 2.46. The van der Waals surface area contributed by atoms with Gasteiger partial charge in [0.2, 0.25) is 0 Å². The zero-order valence-electron chi connectivity index (χ0n) is 10.9. The second-order valence-corrected chi connectivity index (χ2v) is 5.78. The molecule has 3 nitrogen and oxygen atoms in total. The SMILES string of the molecule is CC(C)OCC1(CN2CCO[C@@H](C)C2)CC1. The first-order valence-corrected chi connectivity index (χ1v) is 6.55. The van der Waals surface area contributed by atoms with Crippen LogP contribution in [0.15, 0.2) is 0 Å². The van der Waals surface area contributed by atoms with Gasteiger partial charge in [0.25, 0.3) is 0 Å². The van der Waals surface area contributed by atoms with Crippen LogP contribution in [0.1, 0.15) is 33.6 Å². The van der Waals surface area contributed by atoms with Gasteiger partial charge in [0, 0.05) is 25.0 Å². The minimum Gasteiger partial charge on any atom is -0.378 e. The molecule has 0 radical (unpaired) electrons. The zero-order chi connectivity index (χ0) is 11.6. The van der Waals surface area contributed by atoms with E-state index in [0.29, 0.717) is 17.6 Å². The average molecular weight is 227 g/mol. The van der Waals surface area contributed by atoms with Gasteiger partial charge in [-0.05, 0) is 33.6 Å². The number of hydrogen-bond acceptors (Lipinski definition) is 3. The molecule has 1 atom stereocenters. The number of morpholine rings is 1. The van der Waals surface area contributed by atoms with Crippen LogP contribution in [0.2, 0.25) is 0 Å². The maximum absolute atomic E-state index is 5.78. The molecule has 3 heteroatoms. The molecular weight excluding hydrogens is 202 g/mol. The molecule has 16 heavy (non-hydrogen) atoms. The molecule has 1 saturated carbocycles. The molecule has 2 aliphatic rings. The molecule has 1 saturated heterocycles. The zero-order valence-corrected chi connectivity index (χ0v) is 10.9. The smallest absolute Gasteiger partial charge is 0.0674 e. The Bertz CT molecular complexity index is 226. The van der Waals surface area contributed by atoms with E-state index in [9.17, 15) is 0 Å². The molecule has 1 aliphatic carbocycles. The van der Waals surface area contributed by atoms with E-state index in [1.807, 2.05) is 0 Å². The second kappa shape index (κ2) is 5.03. The first-order valence-electron chi connectivity index (χ1n) is 6.55. The molecule has 0 spiro atoms. The van der Waals surface area contributed by atoms with Crippen LogP contribution in [0, 0.1) is 5.41 Å². The number of nitrogens with zero attached hydrogens (tertiary/aromatic N) is 1. The van der Waals surface area contributed by atoms with Crippen molar-refractivity contribution in [3.63, 3.8) is 0 Å². The van der Waals surface area contributed by atoms with Crippen LogP contribution in [0.25, 0.3) is 0 Å². The molecule has 0 aromatic heterocycles. The molecule has 0 bridgehead atoms. The largest absolute Gasteiger partial charge is 0.378 e. The molecular formula is C13H25NO2. The summed E-state index contributed by atoms with van der Waals surface area (Å²) < 4.78 is 11.3. The van der Waals surface area contributed by atoms with Crippen molar-refractivity contribution in [3.8, 4) is 0 Å². The normalized spacial score (nSPS) is 29.6. The molecule has 94 valence electrons. The van der Waals surface area contributed by atoms with Crippen LogP contribution in [0.3, 0.4) is 0 Å². The lowest BCUT2D eigenvalue weighted by molar-refractivity contribution is -0.0352. The first-order chi connectivity index (χ1) is 7.60. The Morgan fingerprint density at radius 2 is 2.19 bits per heavy atom. The van der Waals surface area contributed by atoms with Gasteiger partial charge in [0.15, 0.2) is 0 Å². The molecule has 1 aliphatic heterocycles. The monoisotopic (exact) mass is 227 g/mol. The van der Waals surface area contributed by atoms with Crippen molar-refractivity contribution in [2.24, 2.45) is 5.41 Å². The molecule has 0 amide bonds. The van der Waals surface area contributed by atoms with Gasteiger partial charge in [-0.1, -0.05) is 0 Å².